The van der Waals surface area contributed by atoms with Gasteiger partial charge in [0, 0.05) is 31.1 Å². The van der Waals surface area contributed by atoms with Crippen LogP contribution in [0.15, 0.2) is 24.3 Å². The monoisotopic (exact) mass is 397 g/mol. The maximum atomic E-state index is 10.1. The van der Waals surface area contributed by atoms with Gasteiger partial charge in [0.15, 0.2) is 17.1 Å². The molecule has 29 heavy (non-hydrogen) atoms. The number of aryl methyl sites for hydroxylation is 1. The Kier molecular flexibility index (Phi) is 5.19. The summed E-state index contributed by atoms with van der Waals surface area (Å²) in [5.74, 6) is 1.79. The summed E-state index contributed by atoms with van der Waals surface area (Å²) in [7, 11) is 3.08. The number of aromatic nitrogens is 3. The van der Waals surface area contributed by atoms with Crippen LogP contribution >= 0.6 is 0 Å². The normalized spacial score (nSPS) is 17.6. The molecule has 1 fully saturated rings. The number of anilines is 1. The topological polar surface area (TPSA) is 98.1 Å². The average molecular weight is 397 g/mol. The fourth-order valence-electron chi connectivity index (χ4n) is 4.08. The summed E-state index contributed by atoms with van der Waals surface area (Å²) in [4.78, 5) is 7.20. The quantitative estimate of drug-likeness (QED) is 0.683. The molecule has 3 N–H and O–H groups in total. The number of nitrogens with two attached hydrogens (primary N) is 1. The van der Waals surface area contributed by atoms with Gasteiger partial charge in [0.2, 0.25) is 5.75 Å². The van der Waals surface area contributed by atoms with E-state index in [0.29, 0.717) is 23.2 Å². The largest absolute Gasteiger partial charge is 0.502 e. The number of fused-ring (bicyclic) bond motifs is 1. The van der Waals surface area contributed by atoms with Gasteiger partial charge in [-0.05, 0) is 44.0 Å². The van der Waals surface area contributed by atoms with Crippen molar-refractivity contribution in [1.29, 1.82) is 0 Å². The van der Waals surface area contributed by atoms with Crippen molar-refractivity contribution in [3.8, 4) is 17.2 Å². The zero-order valence-electron chi connectivity index (χ0n) is 17.1. The van der Waals surface area contributed by atoms with Gasteiger partial charge in [-0.2, -0.15) is 9.61 Å². The fourth-order valence-corrected chi connectivity index (χ4v) is 4.08. The van der Waals surface area contributed by atoms with Crippen LogP contribution in [0.5, 0.6) is 17.2 Å². The minimum atomic E-state index is 0.0272. The van der Waals surface area contributed by atoms with E-state index < -0.39 is 0 Å². The predicted octanol–water partition coefficient (Wildman–Crippen LogP) is 2.72. The lowest BCUT2D eigenvalue weighted by molar-refractivity contribution is 0.198. The minimum absolute atomic E-state index is 0.0272. The van der Waals surface area contributed by atoms with Crippen LogP contribution in [0.3, 0.4) is 0 Å². The third-order valence-corrected chi connectivity index (χ3v) is 5.47. The molecular weight excluding hydrogens is 370 g/mol. The molecule has 4 rings (SSSR count). The van der Waals surface area contributed by atoms with E-state index in [0.717, 1.165) is 55.1 Å². The number of likely N-dealkylation sites (tertiary alicyclic amines) is 1. The summed E-state index contributed by atoms with van der Waals surface area (Å²) in [5.41, 5.74) is 9.96. The Labute approximate surface area is 169 Å². The van der Waals surface area contributed by atoms with Crippen molar-refractivity contribution >= 4 is 11.5 Å². The molecule has 0 bridgehead atoms. The second-order valence-corrected chi connectivity index (χ2v) is 7.58. The van der Waals surface area contributed by atoms with Crippen molar-refractivity contribution in [3.63, 3.8) is 0 Å². The van der Waals surface area contributed by atoms with Crippen LogP contribution in [0.2, 0.25) is 0 Å². The number of phenolic OH excluding ortho intramolecular Hbond substituents is 1. The van der Waals surface area contributed by atoms with Crippen molar-refractivity contribution in [2.24, 2.45) is 0 Å². The van der Waals surface area contributed by atoms with Gasteiger partial charge in [-0.25, -0.2) is 4.98 Å². The van der Waals surface area contributed by atoms with Gasteiger partial charge in [0.1, 0.15) is 5.82 Å². The SMILES string of the molecule is COc1cc(CN2CCC[C@H](c3cc(N)n4nc(C)cc4n3)C2)cc(OC)c1O. The molecule has 8 heteroatoms. The maximum absolute atomic E-state index is 10.1. The van der Waals surface area contributed by atoms with Crippen LogP contribution in [-0.4, -0.2) is 51.9 Å². The number of ether oxygens (including phenoxy) is 2. The van der Waals surface area contributed by atoms with Crippen LogP contribution in [-0.2, 0) is 6.54 Å². The summed E-state index contributed by atoms with van der Waals surface area (Å²) in [6.45, 7) is 4.58. The van der Waals surface area contributed by atoms with E-state index in [1.807, 2.05) is 31.2 Å². The zero-order valence-corrected chi connectivity index (χ0v) is 17.1. The van der Waals surface area contributed by atoms with Crippen LogP contribution in [0.25, 0.3) is 5.65 Å². The number of hydrogen-bond acceptors (Lipinski definition) is 7. The van der Waals surface area contributed by atoms with Gasteiger partial charge in [-0.3, -0.25) is 4.90 Å². The molecule has 0 aliphatic carbocycles. The number of piperidine rings is 1. The third kappa shape index (κ3) is 3.80. The molecule has 0 unspecified atom stereocenters. The molecule has 8 nitrogen and oxygen atoms in total. The molecule has 1 saturated heterocycles. The standard InChI is InChI=1S/C21H27N5O3/c1-13-7-20-23-16(10-19(22)26(20)24-13)15-5-4-6-25(12-15)11-14-8-17(28-2)21(27)18(9-14)29-3/h7-10,15,27H,4-6,11-12,22H2,1-3H3/t15-/m0/s1. The summed E-state index contributed by atoms with van der Waals surface area (Å²) in [6, 6.07) is 7.62. The molecule has 154 valence electrons. The van der Waals surface area contributed by atoms with Crippen LogP contribution < -0.4 is 15.2 Å². The second-order valence-electron chi connectivity index (χ2n) is 7.58. The average Bonchev–Trinajstić information content (AvgIpc) is 3.10. The first-order chi connectivity index (χ1) is 14.0. The van der Waals surface area contributed by atoms with Gasteiger partial charge in [-0.1, -0.05) is 0 Å². The molecule has 1 atom stereocenters. The van der Waals surface area contributed by atoms with Crippen molar-refractivity contribution in [2.45, 2.75) is 32.2 Å². The lowest BCUT2D eigenvalue weighted by Gasteiger charge is -2.32. The zero-order chi connectivity index (χ0) is 20.5. The van der Waals surface area contributed by atoms with Crippen LogP contribution in [0.1, 0.15) is 35.7 Å². The first-order valence-corrected chi connectivity index (χ1v) is 9.77. The fraction of sp³-hybridized carbons (Fsp3) is 0.429. The molecule has 1 aromatic carbocycles. The molecule has 1 aliphatic heterocycles. The van der Waals surface area contributed by atoms with E-state index in [1.54, 1.807) is 18.7 Å². The number of phenols is 1. The second kappa shape index (κ2) is 7.79. The molecule has 0 radical (unpaired) electrons. The molecule has 0 amide bonds. The van der Waals surface area contributed by atoms with Crippen LogP contribution in [0, 0.1) is 6.92 Å². The number of hydrogen-bond donors (Lipinski definition) is 2. The van der Waals surface area contributed by atoms with Gasteiger partial charge >= 0.3 is 0 Å². The van der Waals surface area contributed by atoms with Crippen molar-refractivity contribution < 1.29 is 14.6 Å². The summed E-state index contributed by atoms with van der Waals surface area (Å²) >= 11 is 0. The first-order valence-electron chi connectivity index (χ1n) is 9.77. The number of nitrogen functional groups attached to an aromatic ring is 1. The minimum Gasteiger partial charge on any atom is -0.502 e. The van der Waals surface area contributed by atoms with Crippen molar-refractivity contribution in [2.75, 3.05) is 33.0 Å². The Hall–Kier alpha value is -3.00. The molecule has 3 aromatic rings. The number of rotatable bonds is 5. The van der Waals surface area contributed by atoms with E-state index in [-0.39, 0.29) is 5.75 Å². The Morgan fingerprint density at radius 3 is 2.59 bits per heavy atom. The number of aromatic hydroxyl groups is 1. The summed E-state index contributed by atoms with van der Waals surface area (Å²) in [6.07, 6.45) is 2.16. The molecule has 1 aliphatic rings. The molecule has 0 saturated carbocycles. The van der Waals surface area contributed by atoms with E-state index in [4.69, 9.17) is 20.2 Å². The van der Waals surface area contributed by atoms with Crippen molar-refractivity contribution in [1.82, 2.24) is 19.5 Å². The Morgan fingerprint density at radius 1 is 1.17 bits per heavy atom. The lowest BCUT2D eigenvalue weighted by Crippen LogP contribution is -2.34. The third-order valence-electron chi connectivity index (χ3n) is 5.47. The summed E-state index contributed by atoms with van der Waals surface area (Å²) in [5, 5.41) is 14.5. The number of nitrogens with zero attached hydrogens (tertiary/aromatic N) is 4. The van der Waals surface area contributed by atoms with E-state index in [1.165, 1.54) is 0 Å². The van der Waals surface area contributed by atoms with E-state index >= 15 is 0 Å². The van der Waals surface area contributed by atoms with E-state index in [2.05, 4.69) is 10.00 Å². The van der Waals surface area contributed by atoms with Crippen molar-refractivity contribution in [3.05, 3.63) is 41.2 Å². The Morgan fingerprint density at radius 2 is 1.90 bits per heavy atom. The number of benzene rings is 1. The number of methoxy groups -OCH3 is 2. The highest BCUT2D eigenvalue weighted by Crippen LogP contribution is 2.38. The predicted molar refractivity (Wildman–Crippen MR) is 111 cm³/mol. The summed E-state index contributed by atoms with van der Waals surface area (Å²) < 4.78 is 12.3. The maximum Gasteiger partial charge on any atom is 0.200 e. The van der Waals surface area contributed by atoms with Gasteiger partial charge in [0.05, 0.1) is 25.6 Å². The first kappa shape index (κ1) is 19.3. The molecule has 3 heterocycles. The lowest BCUT2D eigenvalue weighted by atomic mass is 9.94. The highest BCUT2D eigenvalue weighted by Gasteiger charge is 2.24. The molecule has 0 spiro atoms. The Bertz CT molecular complexity index is 1010. The van der Waals surface area contributed by atoms with Gasteiger partial charge in [0.25, 0.3) is 0 Å². The molecular formula is C21H27N5O3. The highest BCUT2D eigenvalue weighted by molar-refractivity contribution is 5.53. The highest BCUT2D eigenvalue weighted by atomic mass is 16.5. The van der Waals surface area contributed by atoms with Gasteiger partial charge in [-0.15, -0.1) is 0 Å². The Balaban J connectivity index is 1.55. The van der Waals surface area contributed by atoms with Gasteiger partial charge < -0.3 is 20.3 Å². The smallest absolute Gasteiger partial charge is 0.200 e. The van der Waals surface area contributed by atoms with Crippen LogP contribution in [0.4, 0.5) is 5.82 Å². The van der Waals surface area contributed by atoms with E-state index in [9.17, 15) is 5.11 Å². The molecule has 2 aromatic heterocycles.